The smallest absolute Gasteiger partial charge is 0.240 e. The Balaban J connectivity index is 1.23. The fourth-order valence-electron chi connectivity index (χ4n) is 4.48. The van der Waals surface area contributed by atoms with Gasteiger partial charge in [-0.3, -0.25) is 15.0 Å². The van der Waals surface area contributed by atoms with Crippen molar-refractivity contribution in [1.82, 2.24) is 25.1 Å². The Morgan fingerprint density at radius 3 is 2.66 bits per heavy atom. The normalized spacial score (nSPS) is 14.3. The van der Waals surface area contributed by atoms with E-state index < -0.39 is 9.84 Å². The summed E-state index contributed by atoms with van der Waals surface area (Å²) in [5, 5.41) is 18.0. The first-order chi connectivity index (χ1) is 21.1. The Hall–Kier alpha value is -3.50. The standard InChI is InChI=1S/C28H31ClN8O4S3/c1-17-10-12-37(13-11-17)16-24(38)33-27-35-36-28(43-27)42-18-8-9-20(22(14-18)41-2)32-26-30-15-19(29)25(34-26)31-21-6-4-5-7-23(21)44(3,39)40/h4-9,14-15,17H,10-13,16H2,1-3H3,(H,33,35,38)(H2,30,31,32,34). The number of anilines is 5. The molecule has 1 fully saturated rings. The number of ether oxygens (including phenoxy) is 1. The average molecular weight is 675 g/mol. The number of carbonyl (C=O) groups excluding carboxylic acids is 1. The van der Waals surface area contributed by atoms with Crippen LogP contribution in [-0.4, -0.2) is 72.4 Å². The van der Waals surface area contributed by atoms with Gasteiger partial charge in [-0.05, 0) is 62.2 Å². The lowest BCUT2D eigenvalue weighted by Crippen LogP contribution is -2.38. The molecule has 1 amide bonds. The van der Waals surface area contributed by atoms with Gasteiger partial charge in [-0.1, -0.05) is 53.8 Å². The van der Waals surface area contributed by atoms with Gasteiger partial charge in [0, 0.05) is 11.2 Å². The van der Waals surface area contributed by atoms with Gasteiger partial charge in [-0.15, -0.1) is 10.2 Å². The molecule has 3 heterocycles. The van der Waals surface area contributed by atoms with E-state index in [1.807, 2.05) is 18.2 Å². The third-order valence-electron chi connectivity index (χ3n) is 6.80. The van der Waals surface area contributed by atoms with Crippen LogP contribution in [0.3, 0.4) is 0 Å². The van der Waals surface area contributed by atoms with E-state index in [0.717, 1.165) is 37.1 Å². The predicted molar refractivity (Wildman–Crippen MR) is 174 cm³/mol. The second-order valence-corrected chi connectivity index (χ2v) is 14.9. The maximum absolute atomic E-state index is 12.5. The zero-order chi connectivity index (χ0) is 31.3. The van der Waals surface area contributed by atoms with Crippen LogP contribution >= 0.6 is 34.7 Å². The van der Waals surface area contributed by atoms with Crippen LogP contribution in [-0.2, 0) is 14.6 Å². The van der Waals surface area contributed by atoms with Crippen molar-refractivity contribution in [2.75, 3.05) is 49.0 Å². The van der Waals surface area contributed by atoms with Crippen LogP contribution in [0.25, 0.3) is 0 Å². The van der Waals surface area contributed by atoms with Crippen molar-refractivity contribution in [2.24, 2.45) is 5.92 Å². The molecule has 12 nitrogen and oxygen atoms in total. The van der Waals surface area contributed by atoms with Crippen LogP contribution in [0, 0.1) is 5.92 Å². The molecule has 0 aliphatic carbocycles. The lowest BCUT2D eigenvalue weighted by atomic mass is 9.99. The molecular weight excluding hydrogens is 644 g/mol. The molecule has 16 heteroatoms. The number of piperidine rings is 1. The molecule has 4 aromatic rings. The Labute approximate surface area is 268 Å². The molecule has 2 aromatic carbocycles. The molecule has 3 N–H and O–H groups in total. The maximum atomic E-state index is 12.5. The number of rotatable bonds is 11. The first-order valence-electron chi connectivity index (χ1n) is 13.6. The number of methoxy groups -OCH3 is 1. The second kappa shape index (κ2) is 14.1. The number of amides is 1. The zero-order valence-electron chi connectivity index (χ0n) is 24.2. The molecule has 0 unspecified atom stereocenters. The molecule has 232 valence electrons. The van der Waals surface area contributed by atoms with Gasteiger partial charge in [-0.2, -0.15) is 4.98 Å². The number of nitrogens with one attached hydrogen (secondary N) is 3. The number of para-hydroxylation sites is 1. The minimum absolute atomic E-state index is 0.0910. The predicted octanol–water partition coefficient (Wildman–Crippen LogP) is 5.70. The summed E-state index contributed by atoms with van der Waals surface area (Å²) in [5.74, 6) is 1.60. The first kappa shape index (κ1) is 31.9. The summed E-state index contributed by atoms with van der Waals surface area (Å²) in [4.78, 5) is 24.3. The van der Waals surface area contributed by atoms with Gasteiger partial charge in [0.2, 0.25) is 17.0 Å². The number of hydrogen-bond donors (Lipinski definition) is 3. The van der Waals surface area contributed by atoms with Crippen molar-refractivity contribution < 1.29 is 17.9 Å². The van der Waals surface area contributed by atoms with Gasteiger partial charge in [0.15, 0.2) is 20.0 Å². The quantitative estimate of drug-likeness (QED) is 0.167. The number of likely N-dealkylation sites (tertiary alicyclic amines) is 1. The van der Waals surface area contributed by atoms with E-state index in [1.54, 1.807) is 25.3 Å². The molecule has 5 rings (SSSR count). The molecule has 0 radical (unpaired) electrons. The van der Waals surface area contributed by atoms with E-state index in [4.69, 9.17) is 16.3 Å². The molecule has 0 spiro atoms. The summed E-state index contributed by atoms with van der Waals surface area (Å²) < 4.78 is 30.7. The van der Waals surface area contributed by atoms with Crippen LogP contribution in [0.5, 0.6) is 5.75 Å². The fraction of sp³-hybridized carbons (Fsp3) is 0.321. The molecular formula is C28H31ClN8O4S3. The number of nitrogens with zero attached hydrogens (tertiary/aromatic N) is 5. The monoisotopic (exact) mass is 674 g/mol. The zero-order valence-corrected chi connectivity index (χ0v) is 27.4. The minimum Gasteiger partial charge on any atom is -0.495 e. The van der Waals surface area contributed by atoms with Gasteiger partial charge in [-0.25, -0.2) is 13.4 Å². The lowest BCUT2D eigenvalue weighted by molar-refractivity contribution is -0.117. The van der Waals surface area contributed by atoms with E-state index >= 15 is 0 Å². The van der Waals surface area contributed by atoms with E-state index in [2.05, 4.69) is 47.9 Å². The molecule has 44 heavy (non-hydrogen) atoms. The van der Waals surface area contributed by atoms with Crippen molar-refractivity contribution in [2.45, 2.75) is 33.9 Å². The van der Waals surface area contributed by atoms with Crippen LogP contribution in [0.2, 0.25) is 5.02 Å². The molecule has 0 atom stereocenters. The van der Waals surface area contributed by atoms with Crippen LogP contribution in [0.15, 0.2) is 62.8 Å². The van der Waals surface area contributed by atoms with Crippen molar-refractivity contribution in [3.8, 4) is 5.75 Å². The fourth-order valence-corrected chi connectivity index (χ4v) is 7.23. The number of hydrogen-bond acceptors (Lipinski definition) is 13. The number of aromatic nitrogens is 4. The summed E-state index contributed by atoms with van der Waals surface area (Å²) in [5.41, 5.74) is 0.940. The van der Waals surface area contributed by atoms with E-state index in [-0.39, 0.29) is 27.6 Å². The summed E-state index contributed by atoms with van der Waals surface area (Å²) in [6.07, 6.45) is 4.77. The van der Waals surface area contributed by atoms with E-state index in [9.17, 15) is 13.2 Å². The van der Waals surface area contributed by atoms with Crippen molar-refractivity contribution >= 4 is 78.7 Å². The number of sulfone groups is 1. The summed E-state index contributed by atoms with van der Waals surface area (Å²) in [7, 11) is -1.93. The summed E-state index contributed by atoms with van der Waals surface area (Å²) in [6.45, 7) is 4.46. The third-order valence-corrected chi connectivity index (χ3v) is 10.1. The highest BCUT2D eigenvalue weighted by molar-refractivity contribution is 8.01. The van der Waals surface area contributed by atoms with Gasteiger partial charge in [0.25, 0.3) is 0 Å². The molecule has 1 aliphatic heterocycles. The van der Waals surface area contributed by atoms with Crippen molar-refractivity contribution in [3.05, 3.63) is 53.7 Å². The van der Waals surface area contributed by atoms with Crippen molar-refractivity contribution in [3.63, 3.8) is 0 Å². The second-order valence-electron chi connectivity index (χ2n) is 10.3. The van der Waals surface area contributed by atoms with Crippen molar-refractivity contribution in [1.29, 1.82) is 0 Å². The SMILES string of the molecule is COc1cc(Sc2nnc(NC(=O)CN3CCC(C)CC3)s2)ccc1Nc1ncc(Cl)c(Nc2ccccc2S(C)(=O)=O)n1. The first-order valence-corrected chi connectivity index (χ1v) is 17.5. The molecule has 1 saturated heterocycles. The highest BCUT2D eigenvalue weighted by Crippen LogP contribution is 2.37. The topological polar surface area (TPSA) is 151 Å². The van der Waals surface area contributed by atoms with Gasteiger partial charge < -0.3 is 15.4 Å². The highest BCUT2D eigenvalue weighted by atomic mass is 35.5. The molecule has 2 aromatic heterocycles. The number of benzene rings is 2. The minimum atomic E-state index is -3.48. The Morgan fingerprint density at radius 2 is 1.91 bits per heavy atom. The number of carbonyl (C=O) groups is 1. The molecule has 0 bridgehead atoms. The van der Waals surface area contributed by atoms with Gasteiger partial charge >= 0.3 is 0 Å². The van der Waals surface area contributed by atoms with Gasteiger partial charge in [0.05, 0.1) is 36.1 Å². The average Bonchev–Trinajstić information content (AvgIpc) is 3.42. The Morgan fingerprint density at radius 1 is 1.14 bits per heavy atom. The van der Waals surface area contributed by atoms with Crippen LogP contribution in [0.4, 0.5) is 28.3 Å². The third kappa shape index (κ3) is 8.35. The highest BCUT2D eigenvalue weighted by Gasteiger charge is 2.19. The van der Waals surface area contributed by atoms with E-state index in [1.165, 1.54) is 35.4 Å². The molecule has 0 saturated carbocycles. The maximum Gasteiger partial charge on any atom is 0.240 e. The van der Waals surface area contributed by atoms with Gasteiger partial charge in [0.1, 0.15) is 10.8 Å². The Bertz CT molecular complexity index is 1750. The lowest BCUT2D eigenvalue weighted by Gasteiger charge is -2.29. The summed E-state index contributed by atoms with van der Waals surface area (Å²) in [6, 6.07) is 12.0. The Kier molecular flexibility index (Phi) is 10.2. The van der Waals surface area contributed by atoms with Crippen LogP contribution < -0.4 is 20.7 Å². The summed E-state index contributed by atoms with van der Waals surface area (Å²) >= 11 is 9.02. The van der Waals surface area contributed by atoms with Crippen LogP contribution in [0.1, 0.15) is 19.8 Å². The van der Waals surface area contributed by atoms with E-state index in [0.29, 0.717) is 39.1 Å². The largest absolute Gasteiger partial charge is 0.495 e. The molecule has 1 aliphatic rings. The number of halogens is 1.